The third kappa shape index (κ3) is 5.29. The molecule has 4 heteroatoms. The highest BCUT2D eigenvalue weighted by Gasteiger charge is 2.11. The largest absolute Gasteiger partial charge is 0.493 e. The lowest BCUT2D eigenvalue weighted by Crippen LogP contribution is -2.14. The Kier molecular flexibility index (Phi) is 7.68. The van der Waals surface area contributed by atoms with Gasteiger partial charge in [0, 0.05) is 6.54 Å². The van der Waals surface area contributed by atoms with Gasteiger partial charge in [0.25, 0.3) is 0 Å². The van der Waals surface area contributed by atoms with Gasteiger partial charge >= 0.3 is 0 Å². The molecular weight excluding hydrogens is 262 g/mol. The van der Waals surface area contributed by atoms with Gasteiger partial charge in [-0.25, -0.2) is 0 Å². The molecule has 0 fully saturated rings. The van der Waals surface area contributed by atoms with E-state index in [0.717, 1.165) is 37.9 Å². The number of ether oxygens (including phenoxy) is 2. The van der Waals surface area contributed by atoms with Gasteiger partial charge in [-0.3, -0.25) is 0 Å². The summed E-state index contributed by atoms with van der Waals surface area (Å²) in [5, 5.41) is 3.96. The Bertz CT molecular complexity index is 383. The van der Waals surface area contributed by atoms with Gasteiger partial charge in [0.15, 0.2) is 11.5 Å². The van der Waals surface area contributed by atoms with Crippen LogP contribution in [0.1, 0.15) is 38.7 Å². The van der Waals surface area contributed by atoms with Gasteiger partial charge in [-0.15, -0.1) is 0 Å². The zero-order valence-corrected chi connectivity index (χ0v) is 12.8. The van der Waals surface area contributed by atoms with E-state index in [1.165, 1.54) is 0 Å². The van der Waals surface area contributed by atoms with Crippen molar-refractivity contribution in [3.8, 4) is 11.5 Å². The van der Waals surface area contributed by atoms with Crippen molar-refractivity contribution in [2.45, 2.75) is 39.7 Å². The number of rotatable bonds is 9. The monoisotopic (exact) mass is 285 g/mol. The molecule has 0 unspecified atom stereocenters. The molecule has 1 aromatic carbocycles. The molecular formula is C15H24ClNO2. The van der Waals surface area contributed by atoms with Crippen molar-refractivity contribution in [3.63, 3.8) is 0 Å². The van der Waals surface area contributed by atoms with Crippen LogP contribution in [-0.2, 0) is 6.54 Å². The van der Waals surface area contributed by atoms with Crippen molar-refractivity contribution in [1.29, 1.82) is 0 Å². The lowest BCUT2D eigenvalue weighted by molar-refractivity contribution is 0.288. The molecule has 0 saturated carbocycles. The van der Waals surface area contributed by atoms with Gasteiger partial charge < -0.3 is 14.8 Å². The Labute approximate surface area is 121 Å². The lowest BCUT2D eigenvalue weighted by Gasteiger charge is -2.14. The molecule has 0 aliphatic rings. The van der Waals surface area contributed by atoms with Crippen LogP contribution >= 0.6 is 11.6 Å². The van der Waals surface area contributed by atoms with E-state index in [4.69, 9.17) is 21.1 Å². The fourth-order valence-electron chi connectivity index (χ4n) is 1.74. The summed E-state index contributed by atoms with van der Waals surface area (Å²) >= 11 is 6.27. The Morgan fingerprint density at radius 1 is 1.21 bits per heavy atom. The highest BCUT2D eigenvalue weighted by molar-refractivity contribution is 6.32. The van der Waals surface area contributed by atoms with E-state index in [1.54, 1.807) is 7.11 Å². The van der Waals surface area contributed by atoms with Gasteiger partial charge in [-0.2, -0.15) is 0 Å². The fraction of sp³-hybridized carbons (Fsp3) is 0.600. The molecule has 0 heterocycles. The van der Waals surface area contributed by atoms with E-state index in [1.807, 2.05) is 12.1 Å². The standard InChI is InChI=1S/C15H24ClNO2/c1-4-6-8-19-15-13(16)9-12(10-14(15)18-3)11-17-7-5-2/h9-10,17H,4-8,11H2,1-3H3. The van der Waals surface area contributed by atoms with Crippen LogP contribution in [0.4, 0.5) is 0 Å². The normalized spacial score (nSPS) is 10.5. The minimum atomic E-state index is 0.615. The number of halogens is 1. The first-order valence-corrected chi connectivity index (χ1v) is 7.30. The Morgan fingerprint density at radius 2 is 2.00 bits per heavy atom. The van der Waals surface area contributed by atoms with Crippen molar-refractivity contribution in [2.75, 3.05) is 20.3 Å². The number of nitrogens with one attached hydrogen (secondary N) is 1. The van der Waals surface area contributed by atoms with Crippen LogP contribution in [-0.4, -0.2) is 20.3 Å². The molecule has 108 valence electrons. The van der Waals surface area contributed by atoms with Crippen molar-refractivity contribution in [2.24, 2.45) is 0 Å². The average Bonchev–Trinajstić information content (AvgIpc) is 2.41. The summed E-state index contributed by atoms with van der Waals surface area (Å²) < 4.78 is 11.1. The second-order valence-electron chi connectivity index (χ2n) is 4.49. The molecule has 1 N–H and O–H groups in total. The third-order valence-corrected chi connectivity index (χ3v) is 3.07. The number of hydrogen-bond acceptors (Lipinski definition) is 3. The number of benzene rings is 1. The zero-order chi connectivity index (χ0) is 14.1. The van der Waals surface area contributed by atoms with Crippen molar-refractivity contribution >= 4 is 11.6 Å². The molecule has 0 saturated heterocycles. The highest BCUT2D eigenvalue weighted by Crippen LogP contribution is 2.36. The third-order valence-electron chi connectivity index (χ3n) is 2.79. The molecule has 19 heavy (non-hydrogen) atoms. The molecule has 0 aliphatic carbocycles. The molecule has 1 rings (SSSR count). The minimum Gasteiger partial charge on any atom is -0.493 e. The van der Waals surface area contributed by atoms with Crippen LogP contribution in [0.3, 0.4) is 0 Å². The quantitative estimate of drug-likeness (QED) is 0.695. The van der Waals surface area contributed by atoms with Crippen LogP contribution in [0.15, 0.2) is 12.1 Å². The summed E-state index contributed by atoms with van der Waals surface area (Å²) in [7, 11) is 1.64. The van der Waals surface area contributed by atoms with Gasteiger partial charge in [0.05, 0.1) is 18.7 Å². The topological polar surface area (TPSA) is 30.5 Å². The molecule has 0 atom stereocenters. The Morgan fingerprint density at radius 3 is 2.63 bits per heavy atom. The second-order valence-corrected chi connectivity index (χ2v) is 4.90. The maximum atomic E-state index is 6.27. The molecule has 0 aliphatic heterocycles. The molecule has 0 aromatic heterocycles. The smallest absolute Gasteiger partial charge is 0.179 e. The van der Waals surface area contributed by atoms with Gasteiger partial charge in [0.2, 0.25) is 0 Å². The summed E-state index contributed by atoms with van der Waals surface area (Å²) in [5.41, 5.74) is 1.11. The van der Waals surface area contributed by atoms with Crippen LogP contribution < -0.4 is 14.8 Å². The first-order chi connectivity index (χ1) is 9.22. The summed E-state index contributed by atoms with van der Waals surface area (Å²) in [6, 6.07) is 3.92. The predicted octanol–water partition coefficient (Wildman–Crippen LogP) is 4.03. The number of unbranched alkanes of at least 4 members (excludes halogenated alkanes) is 1. The lowest BCUT2D eigenvalue weighted by atomic mass is 10.2. The first kappa shape index (κ1) is 16.1. The van der Waals surface area contributed by atoms with E-state index in [2.05, 4.69) is 19.2 Å². The summed E-state index contributed by atoms with van der Waals surface area (Å²) in [4.78, 5) is 0. The molecule has 3 nitrogen and oxygen atoms in total. The van der Waals surface area contributed by atoms with E-state index >= 15 is 0 Å². The first-order valence-electron chi connectivity index (χ1n) is 6.92. The van der Waals surface area contributed by atoms with Crippen molar-refractivity contribution < 1.29 is 9.47 Å². The highest BCUT2D eigenvalue weighted by atomic mass is 35.5. The van der Waals surface area contributed by atoms with Crippen molar-refractivity contribution in [1.82, 2.24) is 5.32 Å². The molecule has 0 radical (unpaired) electrons. The maximum absolute atomic E-state index is 6.27. The molecule has 0 bridgehead atoms. The average molecular weight is 286 g/mol. The van der Waals surface area contributed by atoms with Crippen LogP contribution in [0.2, 0.25) is 5.02 Å². The summed E-state index contributed by atoms with van der Waals surface area (Å²) in [6.07, 6.45) is 3.22. The van der Waals surface area contributed by atoms with Gasteiger partial charge in [-0.05, 0) is 37.1 Å². The zero-order valence-electron chi connectivity index (χ0n) is 12.1. The van der Waals surface area contributed by atoms with Crippen LogP contribution in [0.5, 0.6) is 11.5 Å². The SMILES string of the molecule is CCCCOc1c(Cl)cc(CNCCC)cc1OC. The molecule has 1 aromatic rings. The predicted molar refractivity (Wildman–Crippen MR) is 80.4 cm³/mol. The summed E-state index contributed by atoms with van der Waals surface area (Å²) in [5.74, 6) is 1.36. The van der Waals surface area contributed by atoms with Crippen LogP contribution in [0.25, 0.3) is 0 Å². The molecule has 0 spiro atoms. The maximum Gasteiger partial charge on any atom is 0.179 e. The van der Waals surface area contributed by atoms with E-state index in [-0.39, 0.29) is 0 Å². The van der Waals surface area contributed by atoms with E-state index in [0.29, 0.717) is 23.1 Å². The van der Waals surface area contributed by atoms with Gasteiger partial charge in [0.1, 0.15) is 0 Å². The summed E-state index contributed by atoms with van der Waals surface area (Å²) in [6.45, 7) is 6.73. The number of hydrogen-bond donors (Lipinski definition) is 1. The van der Waals surface area contributed by atoms with E-state index < -0.39 is 0 Å². The van der Waals surface area contributed by atoms with E-state index in [9.17, 15) is 0 Å². The van der Waals surface area contributed by atoms with Gasteiger partial charge in [-0.1, -0.05) is 31.9 Å². The second kappa shape index (κ2) is 9.05. The Balaban J connectivity index is 2.76. The fourth-order valence-corrected chi connectivity index (χ4v) is 2.03. The Hall–Kier alpha value is -0.930. The van der Waals surface area contributed by atoms with Crippen molar-refractivity contribution in [3.05, 3.63) is 22.7 Å². The minimum absolute atomic E-state index is 0.615. The molecule has 0 amide bonds. The number of methoxy groups -OCH3 is 1. The van der Waals surface area contributed by atoms with Crippen LogP contribution in [0, 0.1) is 0 Å².